The van der Waals surface area contributed by atoms with Crippen molar-refractivity contribution >= 4 is 30.9 Å². The van der Waals surface area contributed by atoms with Crippen LogP contribution in [-0.4, -0.2) is 60.3 Å². The maximum atomic E-state index is 11.8. The van der Waals surface area contributed by atoms with Crippen LogP contribution in [0.15, 0.2) is 0 Å². The Morgan fingerprint density at radius 3 is 2.05 bits per heavy atom. The molecule has 1 atom stereocenters. The second kappa shape index (κ2) is 8.84. The van der Waals surface area contributed by atoms with Gasteiger partial charge in [0, 0.05) is 38.8 Å². The summed E-state index contributed by atoms with van der Waals surface area (Å²) in [5.74, 6) is 0. The maximum absolute atomic E-state index is 11.8. The second-order valence-corrected chi connectivity index (χ2v) is 5.75. The molecule has 1 aliphatic heterocycles. The SMILES string of the molecule is CC(N)CN1CCN(C(=O)OC(C)(C)C)CC1.Cl.Cl. The first-order valence-corrected chi connectivity index (χ1v) is 6.24. The van der Waals surface area contributed by atoms with Crippen LogP contribution in [0.2, 0.25) is 0 Å². The van der Waals surface area contributed by atoms with Crippen LogP contribution in [0.5, 0.6) is 0 Å². The number of amides is 1. The fraction of sp³-hybridized carbons (Fsp3) is 0.917. The summed E-state index contributed by atoms with van der Waals surface area (Å²) in [5.41, 5.74) is 5.34. The lowest BCUT2D eigenvalue weighted by Gasteiger charge is -2.36. The molecule has 19 heavy (non-hydrogen) atoms. The highest BCUT2D eigenvalue weighted by atomic mass is 35.5. The zero-order chi connectivity index (χ0) is 13.1. The Morgan fingerprint density at radius 1 is 1.21 bits per heavy atom. The van der Waals surface area contributed by atoms with Gasteiger partial charge in [0.25, 0.3) is 0 Å². The van der Waals surface area contributed by atoms with Crippen molar-refractivity contribution in [1.29, 1.82) is 0 Å². The van der Waals surface area contributed by atoms with Gasteiger partial charge in [-0.05, 0) is 27.7 Å². The molecule has 2 N–H and O–H groups in total. The minimum Gasteiger partial charge on any atom is -0.444 e. The van der Waals surface area contributed by atoms with Crippen LogP contribution in [0.4, 0.5) is 4.79 Å². The number of halogens is 2. The van der Waals surface area contributed by atoms with Crippen molar-refractivity contribution in [3.8, 4) is 0 Å². The van der Waals surface area contributed by atoms with E-state index in [1.165, 1.54) is 0 Å². The minimum atomic E-state index is -0.417. The molecule has 1 unspecified atom stereocenters. The van der Waals surface area contributed by atoms with Crippen LogP contribution in [0.3, 0.4) is 0 Å². The first kappa shape index (κ1) is 21.1. The number of hydrogen-bond donors (Lipinski definition) is 1. The second-order valence-electron chi connectivity index (χ2n) is 5.75. The summed E-state index contributed by atoms with van der Waals surface area (Å²) in [6.07, 6.45) is -0.210. The predicted octanol–water partition coefficient (Wildman–Crippen LogP) is 1.73. The van der Waals surface area contributed by atoms with E-state index in [-0.39, 0.29) is 36.9 Å². The molecule has 1 heterocycles. The number of piperazine rings is 1. The van der Waals surface area contributed by atoms with Gasteiger partial charge in [-0.2, -0.15) is 0 Å². The summed E-state index contributed by atoms with van der Waals surface area (Å²) in [6, 6.07) is 0.183. The summed E-state index contributed by atoms with van der Waals surface area (Å²) in [6.45, 7) is 11.7. The number of nitrogens with two attached hydrogens (primary N) is 1. The fourth-order valence-corrected chi connectivity index (χ4v) is 1.85. The van der Waals surface area contributed by atoms with Gasteiger partial charge in [0.15, 0.2) is 0 Å². The molecule has 1 amide bonds. The standard InChI is InChI=1S/C12H25N3O2.2ClH/c1-10(13)9-14-5-7-15(8-6-14)11(16)17-12(2,3)4;;/h10H,5-9,13H2,1-4H3;2*1H. The first-order chi connectivity index (χ1) is 7.78. The van der Waals surface area contributed by atoms with Gasteiger partial charge in [-0.3, -0.25) is 4.90 Å². The summed E-state index contributed by atoms with van der Waals surface area (Å²) >= 11 is 0. The minimum absolute atomic E-state index is 0. The molecular formula is C12H27Cl2N3O2. The van der Waals surface area contributed by atoms with Crippen LogP contribution < -0.4 is 5.73 Å². The topological polar surface area (TPSA) is 58.8 Å². The van der Waals surface area contributed by atoms with Crippen molar-refractivity contribution in [2.75, 3.05) is 32.7 Å². The van der Waals surface area contributed by atoms with E-state index in [1.807, 2.05) is 27.7 Å². The highest BCUT2D eigenvalue weighted by Crippen LogP contribution is 2.11. The molecular weight excluding hydrogens is 289 g/mol. The molecule has 0 aromatic carbocycles. The number of rotatable bonds is 2. The van der Waals surface area contributed by atoms with Gasteiger partial charge >= 0.3 is 6.09 Å². The summed E-state index contributed by atoms with van der Waals surface area (Å²) in [4.78, 5) is 15.9. The lowest BCUT2D eigenvalue weighted by molar-refractivity contribution is 0.0143. The van der Waals surface area contributed by atoms with Crippen molar-refractivity contribution in [2.24, 2.45) is 5.73 Å². The van der Waals surface area contributed by atoms with Crippen LogP contribution in [0.25, 0.3) is 0 Å². The van der Waals surface area contributed by atoms with Gasteiger partial charge < -0.3 is 15.4 Å². The van der Waals surface area contributed by atoms with E-state index in [0.29, 0.717) is 0 Å². The Kier molecular flexibility index (Phi) is 9.81. The fourth-order valence-electron chi connectivity index (χ4n) is 1.85. The first-order valence-electron chi connectivity index (χ1n) is 6.24. The Balaban J connectivity index is 0. The smallest absolute Gasteiger partial charge is 0.410 e. The maximum Gasteiger partial charge on any atom is 0.410 e. The molecule has 1 saturated heterocycles. The van der Waals surface area contributed by atoms with Gasteiger partial charge in [0.1, 0.15) is 5.60 Å². The molecule has 5 nitrogen and oxygen atoms in total. The molecule has 1 rings (SSSR count). The van der Waals surface area contributed by atoms with Crippen molar-refractivity contribution in [3.63, 3.8) is 0 Å². The molecule has 1 aliphatic rings. The highest BCUT2D eigenvalue weighted by molar-refractivity contribution is 5.85. The molecule has 7 heteroatoms. The van der Waals surface area contributed by atoms with Crippen molar-refractivity contribution in [2.45, 2.75) is 39.3 Å². The Bertz CT molecular complexity index is 262. The van der Waals surface area contributed by atoms with Crippen molar-refractivity contribution in [3.05, 3.63) is 0 Å². The largest absolute Gasteiger partial charge is 0.444 e. The third kappa shape index (κ3) is 8.52. The zero-order valence-corrected chi connectivity index (χ0v) is 13.9. The van der Waals surface area contributed by atoms with E-state index in [1.54, 1.807) is 4.90 Å². The molecule has 0 spiro atoms. The predicted molar refractivity (Wildman–Crippen MR) is 82.4 cm³/mol. The molecule has 0 aromatic rings. The quantitative estimate of drug-likeness (QED) is 0.843. The van der Waals surface area contributed by atoms with Crippen LogP contribution in [0, 0.1) is 0 Å². The van der Waals surface area contributed by atoms with E-state index in [0.717, 1.165) is 32.7 Å². The van der Waals surface area contributed by atoms with E-state index in [2.05, 4.69) is 4.90 Å². The van der Waals surface area contributed by atoms with Gasteiger partial charge in [-0.1, -0.05) is 0 Å². The summed E-state index contributed by atoms with van der Waals surface area (Å²) < 4.78 is 5.34. The number of hydrogen-bond acceptors (Lipinski definition) is 4. The molecule has 0 bridgehead atoms. The van der Waals surface area contributed by atoms with Crippen molar-refractivity contribution in [1.82, 2.24) is 9.80 Å². The zero-order valence-electron chi connectivity index (χ0n) is 12.2. The van der Waals surface area contributed by atoms with E-state index >= 15 is 0 Å². The van der Waals surface area contributed by atoms with E-state index < -0.39 is 5.60 Å². The average Bonchev–Trinajstić information content (AvgIpc) is 2.15. The monoisotopic (exact) mass is 315 g/mol. The number of carbonyl (C=O) groups is 1. The number of carbonyl (C=O) groups excluding carboxylic acids is 1. The molecule has 1 fully saturated rings. The lowest BCUT2D eigenvalue weighted by atomic mass is 10.2. The molecule has 0 aliphatic carbocycles. The van der Waals surface area contributed by atoms with E-state index in [9.17, 15) is 4.79 Å². The summed E-state index contributed by atoms with van der Waals surface area (Å²) in [7, 11) is 0. The highest BCUT2D eigenvalue weighted by Gasteiger charge is 2.25. The van der Waals surface area contributed by atoms with Crippen LogP contribution in [0.1, 0.15) is 27.7 Å². The normalized spacial score (nSPS) is 18.1. The van der Waals surface area contributed by atoms with Crippen LogP contribution in [-0.2, 0) is 4.74 Å². The molecule has 0 aromatic heterocycles. The van der Waals surface area contributed by atoms with E-state index in [4.69, 9.17) is 10.5 Å². The Hall–Kier alpha value is -0.230. The van der Waals surface area contributed by atoms with Gasteiger partial charge in [-0.15, -0.1) is 24.8 Å². The Morgan fingerprint density at radius 2 is 1.68 bits per heavy atom. The molecule has 0 radical (unpaired) electrons. The number of nitrogens with zero attached hydrogens (tertiary/aromatic N) is 2. The Labute approximate surface area is 128 Å². The lowest BCUT2D eigenvalue weighted by Crippen LogP contribution is -2.51. The summed E-state index contributed by atoms with van der Waals surface area (Å²) in [5, 5.41) is 0. The molecule has 0 saturated carbocycles. The third-order valence-corrected chi connectivity index (χ3v) is 2.57. The number of ether oxygens (including phenoxy) is 1. The van der Waals surface area contributed by atoms with Crippen LogP contribution >= 0.6 is 24.8 Å². The van der Waals surface area contributed by atoms with Crippen molar-refractivity contribution < 1.29 is 9.53 Å². The average molecular weight is 316 g/mol. The van der Waals surface area contributed by atoms with Gasteiger partial charge in [0.05, 0.1) is 0 Å². The van der Waals surface area contributed by atoms with Gasteiger partial charge in [-0.25, -0.2) is 4.79 Å². The third-order valence-electron chi connectivity index (χ3n) is 2.57. The molecule has 116 valence electrons. The van der Waals surface area contributed by atoms with Gasteiger partial charge in [0.2, 0.25) is 0 Å².